The van der Waals surface area contributed by atoms with Gasteiger partial charge in [-0.3, -0.25) is 14.5 Å². The Morgan fingerprint density at radius 3 is 2.58 bits per heavy atom. The van der Waals surface area contributed by atoms with Crippen LogP contribution in [0.5, 0.6) is 0 Å². The third kappa shape index (κ3) is 3.86. The summed E-state index contributed by atoms with van der Waals surface area (Å²) in [6.45, 7) is 8.01. The van der Waals surface area contributed by atoms with Crippen molar-refractivity contribution in [3.8, 4) is 0 Å². The van der Waals surface area contributed by atoms with Crippen molar-refractivity contribution in [1.29, 1.82) is 0 Å². The van der Waals surface area contributed by atoms with Gasteiger partial charge in [-0.1, -0.05) is 37.3 Å². The van der Waals surface area contributed by atoms with Crippen molar-refractivity contribution in [2.24, 2.45) is 17.8 Å². The van der Waals surface area contributed by atoms with E-state index >= 15 is 0 Å². The lowest BCUT2D eigenvalue weighted by molar-refractivity contribution is -0.139. The molecule has 198 valence electrons. The van der Waals surface area contributed by atoms with E-state index in [4.69, 9.17) is 0 Å². The maximum absolute atomic E-state index is 13.0. The number of piperidine rings is 1. The first kappa shape index (κ1) is 23.6. The van der Waals surface area contributed by atoms with E-state index in [0.29, 0.717) is 23.5 Å². The van der Waals surface area contributed by atoms with Crippen LogP contribution < -0.4 is 10.2 Å². The molecule has 7 rings (SSSR count). The molecule has 38 heavy (non-hydrogen) atoms. The van der Waals surface area contributed by atoms with Gasteiger partial charge in [0.15, 0.2) is 5.65 Å². The minimum atomic E-state index is -0.646. The molecule has 0 radical (unpaired) electrons. The second-order valence-corrected chi connectivity index (χ2v) is 12.1. The van der Waals surface area contributed by atoms with Crippen LogP contribution in [0.15, 0.2) is 42.6 Å². The highest BCUT2D eigenvalue weighted by molar-refractivity contribution is 5.91. The molecule has 2 unspecified atom stereocenters. The number of anilines is 1. The summed E-state index contributed by atoms with van der Waals surface area (Å²) in [5.74, 6) is -0.159. The third-order valence-corrected chi connectivity index (χ3v) is 9.59. The maximum atomic E-state index is 13.0. The summed E-state index contributed by atoms with van der Waals surface area (Å²) in [4.78, 5) is 33.6. The van der Waals surface area contributed by atoms with Gasteiger partial charge in [0, 0.05) is 43.7 Å². The highest BCUT2D eigenvalue weighted by Gasteiger charge is 2.61. The lowest BCUT2D eigenvalue weighted by Gasteiger charge is -2.42. The van der Waals surface area contributed by atoms with E-state index in [1.165, 1.54) is 5.56 Å². The predicted molar refractivity (Wildman–Crippen MR) is 142 cm³/mol. The number of nitrogens with one attached hydrogen (secondary N) is 1. The van der Waals surface area contributed by atoms with E-state index in [-0.39, 0.29) is 29.1 Å². The van der Waals surface area contributed by atoms with Crippen LogP contribution >= 0.6 is 0 Å². The van der Waals surface area contributed by atoms with Crippen LogP contribution in [0.1, 0.15) is 47.9 Å². The summed E-state index contributed by atoms with van der Waals surface area (Å²) in [5, 5.41) is 16.9. The van der Waals surface area contributed by atoms with Gasteiger partial charge in [0.05, 0.1) is 17.8 Å². The van der Waals surface area contributed by atoms with Crippen molar-refractivity contribution in [1.82, 2.24) is 24.8 Å². The van der Waals surface area contributed by atoms with E-state index in [2.05, 4.69) is 68.5 Å². The van der Waals surface area contributed by atoms with E-state index in [1.54, 1.807) is 4.52 Å². The van der Waals surface area contributed by atoms with Gasteiger partial charge in [-0.2, -0.15) is 0 Å². The van der Waals surface area contributed by atoms with Gasteiger partial charge < -0.3 is 15.3 Å². The molecule has 2 aliphatic carbocycles. The number of fused-ring (bicyclic) bond motifs is 2. The van der Waals surface area contributed by atoms with Gasteiger partial charge in [0.2, 0.25) is 5.82 Å². The van der Waals surface area contributed by atoms with Crippen molar-refractivity contribution in [2.45, 2.75) is 50.6 Å². The van der Waals surface area contributed by atoms with Crippen molar-refractivity contribution in [2.75, 3.05) is 31.1 Å². The van der Waals surface area contributed by atoms with Crippen molar-refractivity contribution in [3.63, 3.8) is 0 Å². The fraction of sp³-hybridized carbons (Fsp3) is 0.517. The highest BCUT2D eigenvalue weighted by atomic mass is 16.4. The summed E-state index contributed by atoms with van der Waals surface area (Å²) in [5.41, 5.74) is 4.27. The Morgan fingerprint density at radius 2 is 1.87 bits per heavy atom. The summed E-state index contributed by atoms with van der Waals surface area (Å²) in [6.07, 6.45) is 4.87. The Kier molecular flexibility index (Phi) is 5.30. The molecular weight excluding hydrogens is 480 g/mol. The number of pyridine rings is 1. The molecule has 3 aromatic rings. The molecule has 0 bridgehead atoms. The number of aromatic nitrogens is 3. The standard InChI is InChI=1S/C29H34N6O3/c1-17-10-21(33-9-8-29(2,16-33)18-6-4-3-5-7-18)13-35-26(17)31-25(32-35)27(36)30-19-11-20(12-19)34-14-22-23(15-34)24(22)28(37)38/h3-7,10,13,19-20,22-24H,8-9,11-12,14-16H2,1-2H3,(H,30,36)(H,37,38)/t19?,20?,22?,23?,24?,29-/m0/s1. The molecule has 9 nitrogen and oxygen atoms in total. The molecule has 2 aromatic heterocycles. The first-order valence-electron chi connectivity index (χ1n) is 13.7. The van der Waals surface area contributed by atoms with E-state index in [1.807, 2.05) is 13.1 Å². The lowest BCUT2D eigenvalue weighted by atomic mass is 9.82. The van der Waals surface area contributed by atoms with Crippen LogP contribution in [0.25, 0.3) is 5.65 Å². The number of likely N-dealkylation sites (tertiary alicyclic amines) is 1. The smallest absolute Gasteiger partial charge is 0.307 e. The minimum absolute atomic E-state index is 0.103. The van der Waals surface area contributed by atoms with Crippen LogP contribution in [-0.4, -0.2) is 74.7 Å². The number of carbonyl (C=O) groups excluding carboxylic acids is 1. The number of nitrogens with zero attached hydrogens (tertiary/aromatic N) is 5. The first-order chi connectivity index (χ1) is 18.3. The number of hydrogen-bond donors (Lipinski definition) is 2. The Balaban J connectivity index is 0.985. The largest absolute Gasteiger partial charge is 0.481 e. The number of benzene rings is 1. The van der Waals surface area contributed by atoms with Crippen LogP contribution in [0.2, 0.25) is 0 Å². The third-order valence-electron chi connectivity index (χ3n) is 9.59. The average molecular weight is 515 g/mol. The maximum Gasteiger partial charge on any atom is 0.307 e. The average Bonchev–Trinajstić information content (AvgIpc) is 3.26. The van der Waals surface area contributed by atoms with Crippen molar-refractivity contribution < 1.29 is 14.7 Å². The summed E-state index contributed by atoms with van der Waals surface area (Å²) < 4.78 is 1.75. The molecule has 1 aromatic carbocycles. The van der Waals surface area contributed by atoms with Gasteiger partial charge in [-0.05, 0) is 55.2 Å². The lowest BCUT2D eigenvalue weighted by Crippen LogP contribution is -2.54. The fourth-order valence-electron chi connectivity index (χ4n) is 7.14. The number of carbonyl (C=O) groups is 2. The zero-order chi connectivity index (χ0) is 26.2. The second kappa shape index (κ2) is 8.53. The van der Waals surface area contributed by atoms with Crippen LogP contribution in [0.3, 0.4) is 0 Å². The quantitative estimate of drug-likeness (QED) is 0.521. The normalized spacial score (nSPS) is 32.3. The summed E-state index contributed by atoms with van der Waals surface area (Å²) in [7, 11) is 0. The van der Waals surface area contributed by atoms with Crippen LogP contribution in [-0.2, 0) is 10.2 Å². The second-order valence-electron chi connectivity index (χ2n) is 12.1. The Bertz CT molecular complexity index is 1400. The fourth-order valence-corrected chi connectivity index (χ4v) is 7.14. The topological polar surface area (TPSA) is 103 Å². The molecular formula is C29H34N6O3. The molecule has 2 saturated carbocycles. The Morgan fingerprint density at radius 1 is 1.13 bits per heavy atom. The van der Waals surface area contributed by atoms with E-state index in [0.717, 1.165) is 56.7 Å². The number of amides is 1. The molecule has 2 N–H and O–H groups in total. The number of hydrogen-bond acceptors (Lipinski definition) is 6. The molecule has 0 spiro atoms. The van der Waals surface area contributed by atoms with Crippen molar-refractivity contribution in [3.05, 3.63) is 59.5 Å². The van der Waals surface area contributed by atoms with Gasteiger partial charge in [0.25, 0.3) is 5.91 Å². The number of carboxylic acids is 1. The highest BCUT2D eigenvalue weighted by Crippen LogP contribution is 2.53. The number of aryl methyl sites for hydroxylation is 1. The number of carboxylic acid groups (broad SMARTS) is 1. The molecule has 1 amide bonds. The van der Waals surface area contributed by atoms with Crippen LogP contribution in [0.4, 0.5) is 5.69 Å². The van der Waals surface area contributed by atoms with Crippen molar-refractivity contribution >= 4 is 23.2 Å². The molecule has 3 atom stereocenters. The Labute approximate surface area is 221 Å². The van der Waals surface area contributed by atoms with Gasteiger partial charge in [-0.25, -0.2) is 9.50 Å². The molecule has 4 fully saturated rings. The van der Waals surface area contributed by atoms with Crippen LogP contribution in [0, 0.1) is 24.7 Å². The molecule has 4 heterocycles. The zero-order valence-corrected chi connectivity index (χ0v) is 21.9. The summed E-state index contributed by atoms with van der Waals surface area (Å²) >= 11 is 0. The number of rotatable bonds is 6. The Hall–Kier alpha value is -3.46. The monoisotopic (exact) mass is 514 g/mol. The van der Waals surface area contributed by atoms with E-state index < -0.39 is 5.97 Å². The first-order valence-corrected chi connectivity index (χ1v) is 13.7. The molecule has 9 heteroatoms. The SMILES string of the molecule is Cc1cc(N2CC[C@](C)(c3ccccc3)C2)cn2nc(C(=O)NC3CC(N4CC5C(C4)C5C(=O)O)C3)nc12. The number of aliphatic carboxylic acids is 1. The zero-order valence-electron chi connectivity index (χ0n) is 21.9. The summed E-state index contributed by atoms with van der Waals surface area (Å²) in [6, 6.07) is 13.4. The van der Waals surface area contributed by atoms with Gasteiger partial charge in [-0.15, -0.1) is 5.10 Å². The van der Waals surface area contributed by atoms with Gasteiger partial charge in [0.1, 0.15) is 0 Å². The van der Waals surface area contributed by atoms with E-state index in [9.17, 15) is 14.7 Å². The van der Waals surface area contributed by atoms with Gasteiger partial charge >= 0.3 is 5.97 Å². The predicted octanol–water partition coefficient (Wildman–Crippen LogP) is 2.73. The molecule has 2 saturated heterocycles. The minimum Gasteiger partial charge on any atom is -0.481 e. The molecule has 4 aliphatic rings. The molecule has 2 aliphatic heterocycles.